The number of rotatable bonds is 6. The first-order valence-corrected chi connectivity index (χ1v) is 11.9. The van der Waals surface area contributed by atoms with Crippen molar-refractivity contribution in [2.75, 3.05) is 18.4 Å². The molecule has 31 heavy (non-hydrogen) atoms. The van der Waals surface area contributed by atoms with Crippen LogP contribution in [0.4, 0.5) is 5.69 Å². The minimum atomic E-state index is -3.69. The van der Waals surface area contributed by atoms with Gasteiger partial charge in [-0.25, -0.2) is 13.2 Å². The molecule has 1 amide bonds. The molecule has 0 aromatic heterocycles. The molecule has 1 heterocycles. The van der Waals surface area contributed by atoms with Crippen LogP contribution in [0.5, 0.6) is 0 Å². The minimum absolute atomic E-state index is 0.0201. The van der Waals surface area contributed by atoms with Gasteiger partial charge in [0.15, 0.2) is 6.10 Å². The van der Waals surface area contributed by atoms with Gasteiger partial charge in [-0.1, -0.05) is 35.7 Å². The predicted octanol–water partition coefficient (Wildman–Crippen LogP) is 4.35. The van der Waals surface area contributed by atoms with Crippen molar-refractivity contribution < 1.29 is 22.7 Å². The fourth-order valence-corrected chi connectivity index (χ4v) is 5.05. The molecular formula is C21H22Cl2N2O5S. The van der Waals surface area contributed by atoms with Crippen molar-refractivity contribution in [2.45, 2.75) is 37.2 Å². The Hall–Kier alpha value is -2.13. The number of benzene rings is 2. The number of hydrogen-bond acceptors (Lipinski definition) is 5. The van der Waals surface area contributed by atoms with Gasteiger partial charge in [0.25, 0.3) is 5.91 Å². The number of esters is 1. The van der Waals surface area contributed by atoms with Crippen LogP contribution in [-0.4, -0.2) is 43.8 Å². The zero-order valence-corrected chi connectivity index (χ0v) is 19.1. The molecule has 0 radical (unpaired) electrons. The summed E-state index contributed by atoms with van der Waals surface area (Å²) in [6.07, 6.45) is 1.47. The molecule has 166 valence electrons. The third-order valence-electron chi connectivity index (χ3n) is 4.86. The van der Waals surface area contributed by atoms with Gasteiger partial charge in [0.05, 0.1) is 21.2 Å². The van der Waals surface area contributed by atoms with Gasteiger partial charge in [0.2, 0.25) is 10.0 Å². The van der Waals surface area contributed by atoms with E-state index in [4.69, 9.17) is 27.9 Å². The van der Waals surface area contributed by atoms with E-state index < -0.39 is 28.0 Å². The zero-order valence-electron chi connectivity index (χ0n) is 16.8. The van der Waals surface area contributed by atoms with Crippen LogP contribution in [0.3, 0.4) is 0 Å². The molecule has 7 nitrogen and oxygen atoms in total. The number of nitrogens with zero attached hydrogens (tertiary/aromatic N) is 1. The number of halogens is 2. The van der Waals surface area contributed by atoms with E-state index in [-0.39, 0.29) is 21.2 Å². The molecule has 10 heteroatoms. The molecule has 0 saturated carbocycles. The summed E-state index contributed by atoms with van der Waals surface area (Å²) in [6, 6.07) is 10.2. The highest BCUT2D eigenvalue weighted by Crippen LogP contribution is 2.26. The normalized spacial score (nSPS) is 15.8. The molecule has 3 rings (SSSR count). The van der Waals surface area contributed by atoms with Gasteiger partial charge >= 0.3 is 5.97 Å². The summed E-state index contributed by atoms with van der Waals surface area (Å²) in [5.41, 5.74) is 0.329. The van der Waals surface area contributed by atoms with E-state index in [1.807, 2.05) is 0 Å². The molecule has 1 N–H and O–H groups in total. The first kappa shape index (κ1) is 23.5. The summed E-state index contributed by atoms with van der Waals surface area (Å²) in [5.74, 6) is -1.41. The van der Waals surface area contributed by atoms with Crippen molar-refractivity contribution in [1.29, 1.82) is 0 Å². The van der Waals surface area contributed by atoms with E-state index in [0.717, 1.165) is 19.3 Å². The van der Waals surface area contributed by atoms with Crippen LogP contribution < -0.4 is 5.32 Å². The van der Waals surface area contributed by atoms with Crippen LogP contribution in [-0.2, 0) is 19.6 Å². The summed E-state index contributed by atoms with van der Waals surface area (Å²) in [7, 11) is -3.69. The second-order valence-corrected chi connectivity index (χ2v) is 9.94. The number of hydrogen-bond donors (Lipinski definition) is 1. The average molecular weight is 485 g/mol. The Morgan fingerprint density at radius 1 is 1.06 bits per heavy atom. The highest BCUT2D eigenvalue weighted by atomic mass is 35.5. The van der Waals surface area contributed by atoms with Gasteiger partial charge < -0.3 is 10.1 Å². The van der Waals surface area contributed by atoms with Gasteiger partial charge in [0, 0.05) is 18.1 Å². The summed E-state index contributed by atoms with van der Waals surface area (Å²) >= 11 is 11.9. The number of carbonyl (C=O) groups is 2. The molecular weight excluding hydrogens is 463 g/mol. The summed E-state index contributed by atoms with van der Waals surface area (Å²) < 4.78 is 32.3. The lowest BCUT2D eigenvalue weighted by atomic mass is 10.2. The molecule has 0 spiro atoms. The fraction of sp³-hybridized carbons (Fsp3) is 0.333. The van der Waals surface area contributed by atoms with Gasteiger partial charge in [-0.05, 0) is 56.2 Å². The number of sulfonamides is 1. The summed E-state index contributed by atoms with van der Waals surface area (Å²) in [6.45, 7) is 2.32. The topological polar surface area (TPSA) is 92.8 Å². The monoisotopic (exact) mass is 484 g/mol. The zero-order chi connectivity index (χ0) is 22.6. The Balaban J connectivity index is 1.69. The van der Waals surface area contributed by atoms with Crippen molar-refractivity contribution in [2.24, 2.45) is 0 Å². The van der Waals surface area contributed by atoms with Crippen molar-refractivity contribution in [1.82, 2.24) is 4.31 Å². The average Bonchev–Trinajstić information content (AvgIpc) is 2.76. The molecule has 0 aliphatic carbocycles. The van der Waals surface area contributed by atoms with Crippen molar-refractivity contribution in [3.05, 3.63) is 58.1 Å². The number of nitrogens with one attached hydrogen (secondary N) is 1. The van der Waals surface area contributed by atoms with Gasteiger partial charge in [-0.3, -0.25) is 4.79 Å². The molecule has 1 unspecified atom stereocenters. The van der Waals surface area contributed by atoms with E-state index >= 15 is 0 Å². The minimum Gasteiger partial charge on any atom is -0.449 e. The Labute approximate surface area is 191 Å². The number of amides is 1. The summed E-state index contributed by atoms with van der Waals surface area (Å²) in [4.78, 5) is 24.9. The molecule has 1 atom stereocenters. The van der Waals surface area contributed by atoms with E-state index in [1.165, 1.54) is 47.6 Å². The lowest BCUT2D eigenvalue weighted by Crippen LogP contribution is -2.35. The standard InChI is InChI=1S/C21H22Cl2N2O5S/c1-14(20(26)24-19-13-16(22)8-9-18(19)23)30-21(27)15-6-5-7-17(12-15)31(28,29)25-10-3-2-4-11-25/h5-9,12-14H,2-4,10-11H2,1H3,(H,24,26). The molecule has 1 aliphatic heterocycles. The van der Waals surface area contributed by atoms with Crippen LogP contribution in [0, 0.1) is 0 Å². The van der Waals surface area contributed by atoms with Crippen LogP contribution >= 0.6 is 23.2 Å². The number of anilines is 1. The maximum atomic E-state index is 12.8. The van der Waals surface area contributed by atoms with Crippen LogP contribution in [0.2, 0.25) is 10.0 Å². The largest absolute Gasteiger partial charge is 0.449 e. The Kier molecular flexibility index (Phi) is 7.59. The molecule has 1 fully saturated rings. The lowest BCUT2D eigenvalue weighted by Gasteiger charge is -2.26. The predicted molar refractivity (Wildman–Crippen MR) is 119 cm³/mol. The molecule has 1 saturated heterocycles. The smallest absolute Gasteiger partial charge is 0.338 e. The highest BCUT2D eigenvalue weighted by molar-refractivity contribution is 7.89. The molecule has 1 aliphatic rings. The van der Waals surface area contributed by atoms with Gasteiger partial charge in [-0.2, -0.15) is 4.31 Å². The van der Waals surface area contributed by atoms with Crippen molar-refractivity contribution in [3.8, 4) is 0 Å². The maximum Gasteiger partial charge on any atom is 0.338 e. The summed E-state index contributed by atoms with van der Waals surface area (Å²) in [5, 5.41) is 3.22. The van der Waals surface area contributed by atoms with Crippen LogP contribution in [0.15, 0.2) is 47.4 Å². The Bertz CT molecular complexity index is 1080. The number of ether oxygens (including phenoxy) is 1. The molecule has 2 aromatic rings. The van der Waals surface area contributed by atoms with E-state index in [9.17, 15) is 18.0 Å². The molecule has 0 bridgehead atoms. The van der Waals surface area contributed by atoms with Crippen molar-refractivity contribution in [3.63, 3.8) is 0 Å². The van der Waals surface area contributed by atoms with Gasteiger partial charge in [0.1, 0.15) is 0 Å². The first-order chi connectivity index (χ1) is 14.7. The van der Waals surface area contributed by atoms with Crippen LogP contribution in [0.25, 0.3) is 0 Å². The molecule has 2 aromatic carbocycles. The second kappa shape index (κ2) is 9.99. The highest BCUT2D eigenvalue weighted by Gasteiger charge is 2.27. The number of piperidine rings is 1. The fourth-order valence-electron chi connectivity index (χ4n) is 3.15. The van der Waals surface area contributed by atoms with Crippen LogP contribution in [0.1, 0.15) is 36.5 Å². The van der Waals surface area contributed by atoms with E-state index in [2.05, 4.69) is 5.32 Å². The Morgan fingerprint density at radius 3 is 2.48 bits per heavy atom. The lowest BCUT2D eigenvalue weighted by molar-refractivity contribution is -0.123. The third kappa shape index (κ3) is 5.77. The maximum absolute atomic E-state index is 12.8. The number of carbonyl (C=O) groups excluding carboxylic acids is 2. The SMILES string of the molecule is CC(OC(=O)c1cccc(S(=O)(=O)N2CCCCC2)c1)C(=O)Nc1cc(Cl)ccc1Cl. The first-order valence-electron chi connectivity index (χ1n) is 9.75. The Morgan fingerprint density at radius 2 is 1.77 bits per heavy atom. The second-order valence-electron chi connectivity index (χ2n) is 7.15. The third-order valence-corrected chi connectivity index (χ3v) is 7.32. The van der Waals surface area contributed by atoms with E-state index in [0.29, 0.717) is 18.1 Å². The van der Waals surface area contributed by atoms with E-state index in [1.54, 1.807) is 6.07 Å². The van der Waals surface area contributed by atoms with Gasteiger partial charge in [-0.15, -0.1) is 0 Å². The van der Waals surface area contributed by atoms with Crippen molar-refractivity contribution >= 4 is 50.8 Å². The quantitative estimate of drug-likeness (QED) is 0.615.